The zero-order chi connectivity index (χ0) is 16.3. The van der Waals surface area contributed by atoms with Crippen molar-refractivity contribution in [3.63, 3.8) is 0 Å². The maximum Gasteiger partial charge on any atom is 0.425 e. The van der Waals surface area contributed by atoms with Gasteiger partial charge in [0.25, 0.3) is 0 Å². The van der Waals surface area contributed by atoms with Crippen LogP contribution in [0.3, 0.4) is 0 Å². The van der Waals surface area contributed by atoms with E-state index < -0.39 is 29.9 Å². The van der Waals surface area contributed by atoms with Gasteiger partial charge in [-0.2, -0.15) is 13.2 Å². The topological polar surface area (TPSA) is 67.2 Å². The molecule has 2 N–H and O–H groups in total. The van der Waals surface area contributed by atoms with E-state index in [0.29, 0.717) is 12.3 Å². The van der Waals surface area contributed by atoms with Crippen molar-refractivity contribution in [1.29, 1.82) is 0 Å². The quantitative estimate of drug-likeness (QED) is 0.841. The summed E-state index contributed by atoms with van der Waals surface area (Å²) < 4.78 is 40.6. The van der Waals surface area contributed by atoms with Crippen LogP contribution in [0, 0.1) is 5.92 Å². The van der Waals surface area contributed by atoms with Crippen LogP contribution in [0.4, 0.5) is 13.2 Å². The molecule has 21 heavy (non-hydrogen) atoms. The Morgan fingerprint density at radius 1 is 1.48 bits per heavy atom. The maximum absolute atomic E-state index is 13.2. The van der Waals surface area contributed by atoms with Gasteiger partial charge < -0.3 is 15.0 Å². The Labute approximate surface area is 121 Å². The second-order valence-electron chi connectivity index (χ2n) is 5.43. The highest BCUT2D eigenvalue weighted by Crippen LogP contribution is 2.40. The number of carbonyl (C=O) groups excluding carboxylic acids is 1. The molecular weight excluding hydrogens is 287 g/mol. The Kier molecular flexibility index (Phi) is 5.38. The van der Waals surface area contributed by atoms with Crippen LogP contribution < -0.4 is 5.32 Å². The molecule has 0 saturated carbocycles. The van der Waals surface area contributed by atoms with E-state index in [4.69, 9.17) is 0 Å². The highest BCUT2D eigenvalue weighted by molar-refractivity contribution is 5.77. The lowest BCUT2D eigenvalue weighted by atomic mass is 9.97. The molecule has 1 atom stereocenters. The van der Waals surface area contributed by atoms with Gasteiger partial charge in [0.2, 0.25) is 11.5 Å². The Balaban J connectivity index is 2.86. The maximum atomic E-state index is 13.2. The van der Waals surface area contributed by atoms with E-state index in [2.05, 4.69) is 10.3 Å². The van der Waals surface area contributed by atoms with E-state index in [1.807, 2.05) is 13.8 Å². The van der Waals surface area contributed by atoms with Gasteiger partial charge in [0, 0.05) is 26.0 Å². The predicted molar refractivity (Wildman–Crippen MR) is 70.2 cm³/mol. The van der Waals surface area contributed by atoms with Crippen molar-refractivity contribution < 1.29 is 23.1 Å². The van der Waals surface area contributed by atoms with Crippen molar-refractivity contribution in [2.75, 3.05) is 6.54 Å². The molecule has 1 aromatic heterocycles. The number of hydrogen-bond donors (Lipinski definition) is 2. The van der Waals surface area contributed by atoms with Gasteiger partial charge in [0.1, 0.15) is 0 Å². The van der Waals surface area contributed by atoms with Crippen LogP contribution >= 0.6 is 0 Å². The zero-order valence-corrected chi connectivity index (χ0v) is 12.2. The average Bonchev–Trinajstić information content (AvgIpc) is 2.73. The molecular formula is C13H20F3N3O2. The number of carbonyl (C=O) groups is 1. The number of amides is 1. The number of hydrogen-bond acceptors (Lipinski definition) is 3. The minimum atomic E-state index is -5.00. The first-order chi connectivity index (χ1) is 9.58. The number of alkyl halides is 3. The molecule has 1 unspecified atom stereocenters. The second kappa shape index (κ2) is 6.46. The summed E-state index contributed by atoms with van der Waals surface area (Å²) in [5, 5.41) is 12.4. The van der Waals surface area contributed by atoms with Crippen LogP contribution in [0.5, 0.6) is 0 Å². The largest absolute Gasteiger partial charge is 0.425 e. The summed E-state index contributed by atoms with van der Waals surface area (Å²) in [6.45, 7) is 4.14. The Morgan fingerprint density at radius 3 is 2.52 bits per heavy atom. The smallest absolute Gasteiger partial charge is 0.374 e. The minimum Gasteiger partial charge on any atom is -0.374 e. The van der Waals surface area contributed by atoms with Crippen molar-refractivity contribution in [2.24, 2.45) is 13.0 Å². The molecule has 8 heteroatoms. The van der Waals surface area contributed by atoms with Crippen molar-refractivity contribution in [3.05, 3.63) is 18.2 Å². The summed E-state index contributed by atoms with van der Waals surface area (Å²) >= 11 is 0. The second-order valence-corrected chi connectivity index (χ2v) is 5.43. The van der Waals surface area contributed by atoms with Gasteiger partial charge in [-0.15, -0.1) is 0 Å². The highest BCUT2D eigenvalue weighted by Gasteiger charge is 2.58. The molecule has 0 aliphatic heterocycles. The number of aliphatic hydroxyl groups is 1. The number of nitrogens with one attached hydrogen (secondary N) is 1. The third-order valence-corrected chi connectivity index (χ3v) is 3.12. The van der Waals surface area contributed by atoms with Crippen LogP contribution in [0.2, 0.25) is 0 Å². The van der Waals surface area contributed by atoms with Crippen molar-refractivity contribution in [3.8, 4) is 0 Å². The van der Waals surface area contributed by atoms with Crippen LogP contribution in [-0.4, -0.2) is 33.3 Å². The number of aromatic nitrogens is 2. The number of halogens is 3. The van der Waals surface area contributed by atoms with Crippen LogP contribution in [-0.2, 0) is 17.4 Å². The fraction of sp³-hybridized carbons (Fsp3) is 0.692. The fourth-order valence-electron chi connectivity index (χ4n) is 1.87. The molecule has 1 amide bonds. The third-order valence-electron chi connectivity index (χ3n) is 3.12. The Morgan fingerprint density at radius 2 is 2.10 bits per heavy atom. The van der Waals surface area contributed by atoms with E-state index in [-0.39, 0.29) is 6.54 Å². The Hall–Kier alpha value is -1.57. The van der Waals surface area contributed by atoms with Crippen LogP contribution in [0.25, 0.3) is 0 Å². The number of aryl methyl sites for hydroxylation is 1. The SMILES string of the molecule is CC(C)CCNC(=O)CC(O)(c1nccn1C)C(F)(F)F. The summed E-state index contributed by atoms with van der Waals surface area (Å²) in [6.07, 6.45) is -3.04. The molecule has 0 aromatic carbocycles. The summed E-state index contributed by atoms with van der Waals surface area (Å²) in [6, 6.07) is 0. The van der Waals surface area contributed by atoms with Crippen molar-refractivity contribution in [2.45, 2.75) is 38.5 Å². The van der Waals surface area contributed by atoms with Gasteiger partial charge in [0.15, 0.2) is 5.82 Å². The normalized spacial score (nSPS) is 15.0. The average molecular weight is 307 g/mol. The minimum absolute atomic E-state index is 0.269. The lowest BCUT2D eigenvalue weighted by molar-refractivity contribution is -0.271. The predicted octanol–water partition coefficient (Wildman–Crippen LogP) is 1.72. The van der Waals surface area contributed by atoms with Crippen molar-refractivity contribution >= 4 is 5.91 Å². The molecule has 0 saturated heterocycles. The van der Waals surface area contributed by atoms with E-state index >= 15 is 0 Å². The van der Waals surface area contributed by atoms with E-state index in [1.54, 1.807) is 0 Å². The zero-order valence-electron chi connectivity index (χ0n) is 12.2. The fourth-order valence-corrected chi connectivity index (χ4v) is 1.87. The van der Waals surface area contributed by atoms with Gasteiger partial charge in [-0.1, -0.05) is 13.8 Å². The van der Waals surface area contributed by atoms with Gasteiger partial charge >= 0.3 is 6.18 Å². The molecule has 5 nitrogen and oxygen atoms in total. The first kappa shape index (κ1) is 17.5. The number of rotatable bonds is 6. The van der Waals surface area contributed by atoms with E-state index in [9.17, 15) is 23.1 Å². The molecule has 0 aliphatic carbocycles. The first-order valence-corrected chi connectivity index (χ1v) is 6.61. The van der Waals surface area contributed by atoms with E-state index in [0.717, 1.165) is 10.8 Å². The van der Waals surface area contributed by atoms with Gasteiger partial charge in [-0.05, 0) is 12.3 Å². The molecule has 1 aromatic rings. The standard InChI is InChI=1S/C13H20F3N3O2/c1-9(2)4-5-17-10(20)8-12(21,13(14,15)16)11-18-6-7-19(11)3/h6-7,9,21H,4-5,8H2,1-3H3,(H,17,20). The summed E-state index contributed by atoms with van der Waals surface area (Å²) in [5.74, 6) is -1.14. The molecule has 120 valence electrons. The van der Waals surface area contributed by atoms with Crippen LogP contribution in [0.1, 0.15) is 32.5 Å². The molecule has 0 radical (unpaired) electrons. The first-order valence-electron chi connectivity index (χ1n) is 6.61. The van der Waals surface area contributed by atoms with Gasteiger partial charge in [-0.3, -0.25) is 4.79 Å². The molecule has 0 spiro atoms. The summed E-state index contributed by atoms with van der Waals surface area (Å²) in [7, 11) is 1.33. The lowest BCUT2D eigenvalue weighted by Gasteiger charge is -2.29. The van der Waals surface area contributed by atoms with E-state index in [1.165, 1.54) is 13.2 Å². The monoisotopic (exact) mass is 307 g/mol. The Bertz CT molecular complexity index is 485. The summed E-state index contributed by atoms with van der Waals surface area (Å²) in [5.41, 5.74) is -3.30. The van der Waals surface area contributed by atoms with Crippen molar-refractivity contribution in [1.82, 2.24) is 14.9 Å². The molecule has 1 heterocycles. The molecule has 0 fully saturated rings. The highest BCUT2D eigenvalue weighted by atomic mass is 19.4. The number of imidazole rings is 1. The van der Waals surface area contributed by atoms with Gasteiger partial charge in [-0.25, -0.2) is 4.98 Å². The summed E-state index contributed by atoms with van der Waals surface area (Å²) in [4.78, 5) is 15.2. The van der Waals surface area contributed by atoms with Crippen LogP contribution in [0.15, 0.2) is 12.4 Å². The molecule has 0 aliphatic rings. The van der Waals surface area contributed by atoms with Gasteiger partial charge in [0.05, 0.1) is 6.42 Å². The molecule has 0 bridgehead atoms. The lowest BCUT2D eigenvalue weighted by Crippen LogP contribution is -2.48. The molecule has 1 rings (SSSR count). The third kappa shape index (κ3) is 4.20. The number of nitrogens with zero attached hydrogens (tertiary/aromatic N) is 2.